The van der Waals surface area contributed by atoms with Gasteiger partial charge in [-0.25, -0.2) is 0 Å². The zero-order chi connectivity index (χ0) is 10.7. The van der Waals surface area contributed by atoms with Crippen LogP contribution in [-0.4, -0.2) is 30.9 Å². The number of hydrogen-bond donors (Lipinski definition) is 0. The summed E-state index contributed by atoms with van der Waals surface area (Å²) in [4.78, 5) is 2.16. The Kier molecular flexibility index (Phi) is 4.07. The molecule has 1 rings (SSSR count). The number of nitrogens with zero attached hydrogens (tertiary/aromatic N) is 1. The van der Waals surface area contributed by atoms with Crippen LogP contribution in [0.15, 0.2) is 18.2 Å². The average Bonchev–Trinajstić information content (AvgIpc) is 2.07. The van der Waals surface area contributed by atoms with E-state index in [0.717, 1.165) is 4.71 Å². The molecule has 1 aromatic rings. The van der Waals surface area contributed by atoms with Crippen LogP contribution in [0.5, 0.6) is 0 Å². The SMILES string of the molecule is Cc1ccc(N(C)C)cc1C[C@H](C)[AsH2]. The van der Waals surface area contributed by atoms with Gasteiger partial charge in [0, 0.05) is 0 Å². The first kappa shape index (κ1) is 11.7. The van der Waals surface area contributed by atoms with E-state index in [4.69, 9.17) is 0 Å². The molecule has 0 aliphatic rings. The molecule has 0 aliphatic heterocycles. The predicted octanol–water partition coefficient (Wildman–Crippen LogP) is 2.05. The third kappa shape index (κ3) is 3.06. The minimum atomic E-state index is 0.790. The molecule has 0 saturated carbocycles. The predicted molar refractivity (Wildman–Crippen MR) is 67.2 cm³/mol. The first-order chi connectivity index (χ1) is 6.50. The number of hydrogen-bond acceptors (Lipinski definition) is 1. The molecule has 14 heavy (non-hydrogen) atoms. The summed E-state index contributed by atoms with van der Waals surface area (Å²) in [5, 5.41) is 0. The van der Waals surface area contributed by atoms with Gasteiger partial charge in [0.15, 0.2) is 0 Å². The molecule has 0 aliphatic carbocycles. The van der Waals surface area contributed by atoms with Crippen molar-refractivity contribution < 1.29 is 0 Å². The van der Waals surface area contributed by atoms with E-state index in [2.05, 4.69) is 51.0 Å². The number of benzene rings is 1. The number of rotatable bonds is 3. The van der Waals surface area contributed by atoms with E-state index in [0.29, 0.717) is 0 Å². The molecule has 0 radical (unpaired) electrons. The molecular weight excluding hydrogens is 233 g/mol. The standard InChI is InChI=1S/C12H20AsN/c1-9-5-6-12(14(3)4)8-11(9)7-10(2)13/h5-6,8,10H,7,13H2,1-4H3/t10-/m0/s1. The van der Waals surface area contributed by atoms with Crippen molar-refractivity contribution in [3.8, 4) is 0 Å². The summed E-state index contributed by atoms with van der Waals surface area (Å²) >= 11 is 1.82. The van der Waals surface area contributed by atoms with Crippen LogP contribution < -0.4 is 4.90 Å². The van der Waals surface area contributed by atoms with Crippen molar-refractivity contribution in [2.45, 2.75) is 25.0 Å². The van der Waals surface area contributed by atoms with Gasteiger partial charge in [0.1, 0.15) is 0 Å². The fourth-order valence-electron chi connectivity index (χ4n) is 1.50. The van der Waals surface area contributed by atoms with Crippen LogP contribution >= 0.6 is 0 Å². The number of anilines is 1. The summed E-state index contributed by atoms with van der Waals surface area (Å²) < 4.78 is 0.790. The molecule has 78 valence electrons. The van der Waals surface area contributed by atoms with E-state index in [1.807, 2.05) is 16.9 Å². The van der Waals surface area contributed by atoms with Gasteiger partial charge in [-0.3, -0.25) is 0 Å². The average molecular weight is 253 g/mol. The van der Waals surface area contributed by atoms with Crippen molar-refractivity contribution in [1.29, 1.82) is 0 Å². The van der Waals surface area contributed by atoms with Crippen LogP contribution in [0, 0.1) is 6.92 Å². The van der Waals surface area contributed by atoms with E-state index in [-0.39, 0.29) is 0 Å². The maximum atomic E-state index is 2.31. The summed E-state index contributed by atoms with van der Waals surface area (Å²) in [6, 6.07) is 6.72. The van der Waals surface area contributed by atoms with Crippen molar-refractivity contribution in [1.82, 2.24) is 0 Å². The summed E-state index contributed by atoms with van der Waals surface area (Å²) in [6.07, 6.45) is 1.20. The molecule has 2 heteroatoms. The molecular formula is C12H20AsN. The van der Waals surface area contributed by atoms with Gasteiger partial charge in [-0.2, -0.15) is 0 Å². The third-order valence-electron chi connectivity index (χ3n) is 2.39. The Hall–Kier alpha value is -0.422. The molecule has 0 N–H and O–H groups in total. The van der Waals surface area contributed by atoms with Crippen LogP contribution in [0.4, 0.5) is 5.69 Å². The Morgan fingerprint density at radius 2 is 2.00 bits per heavy atom. The van der Waals surface area contributed by atoms with Gasteiger partial charge in [-0.1, -0.05) is 0 Å². The molecule has 2 atom stereocenters. The molecule has 0 fully saturated rings. The van der Waals surface area contributed by atoms with Crippen LogP contribution in [0.25, 0.3) is 0 Å². The van der Waals surface area contributed by atoms with E-state index >= 15 is 0 Å². The van der Waals surface area contributed by atoms with Gasteiger partial charge in [-0.15, -0.1) is 0 Å². The zero-order valence-corrected chi connectivity index (χ0v) is 12.0. The third-order valence-corrected chi connectivity index (χ3v) is 2.89. The minimum absolute atomic E-state index is 0.790. The van der Waals surface area contributed by atoms with Crippen molar-refractivity contribution in [3.05, 3.63) is 29.3 Å². The van der Waals surface area contributed by atoms with Crippen molar-refractivity contribution >= 4 is 22.5 Å². The first-order valence-electron chi connectivity index (χ1n) is 5.03. The maximum absolute atomic E-state index is 2.31. The van der Waals surface area contributed by atoms with E-state index < -0.39 is 0 Å². The van der Waals surface area contributed by atoms with E-state index in [1.165, 1.54) is 23.2 Å². The van der Waals surface area contributed by atoms with Gasteiger partial charge >= 0.3 is 95.8 Å². The molecule has 1 nitrogen and oxygen atoms in total. The molecule has 1 aromatic carbocycles. The van der Waals surface area contributed by atoms with E-state index in [9.17, 15) is 0 Å². The fraction of sp³-hybridized carbons (Fsp3) is 0.500. The molecule has 0 amide bonds. The van der Waals surface area contributed by atoms with Crippen LogP contribution in [-0.2, 0) is 6.42 Å². The Labute approximate surface area is 96.0 Å². The summed E-state index contributed by atoms with van der Waals surface area (Å²) in [5.74, 6) is 0. The Morgan fingerprint density at radius 3 is 2.50 bits per heavy atom. The molecule has 0 aromatic heterocycles. The number of aryl methyl sites for hydroxylation is 1. The monoisotopic (exact) mass is 253 g/mol. The second kappa shape index (κ2) is 4.89. The van der Waals surface area contributed by atoms with Crippen LogP contribution in [0.1, 0.15) is 18.1 Å². The quantitative estimate of drug-likeness (QED) is 0.745. The second-order valence-corrected chi connectivity index (χ2v) is 6.57. The molecule has 1 unspecified atom stereocenters. The zero-order valence-electron chi connectivity index (χ0n) is 9.54. The van der Waals surface area contributed by atoms with Gasteiger partial charge in [0.2, 0.25) is 0 Å². The summed E-state index contributed by atoms with van der Waals surface area (Å²) in [7, 11) is 4.18. The van der Waals surface area contributed by atoms with Gasteiger partial charge in [-0.05, 0) is 0 Å². The molecule has 0 saturated heterocycles. The Bertz CT molecular complexity index is 305. The second-order valence-electron chi connectivity index (χ2n) is 4.19. The Morgan fingerprint density at radius 1 is 1.36 bits per heavy atom. The molecule has 0 spiro atoms. The van der Waals surface area contributed by atoms with Gasteiger partial charge in [0.25, 0.3) is 0 Å². The van der Waals surface area contributed by atoms with Crippen molar-refractivity contribution in [3.63, 3.8) is 0 Å². The van der Waals surface area contributed by atoms with Crippen LogP contribution in [0.2, 0.25) is 4.71 Å². The molecule has 0 bridgehead atoms. The van der Waals surface area contributed by atoms with Crippen LogP contribution in [0.3, 0.4) is 0 Å². The summed E-state index contributed by atoms with van der Waals surface area (Å²) in [5.41, 5.74) is 4.21. The van der Waals surface area contributed by atoms with E-state index in [1.54, 1.807) is 0 Å². The van der Waals surface area contributed by atoms with Crippen molar-refractivity contribution in [2.24, 2.45) is 0 Å². The summed E-state index contributed by atoms with van der Waals surface area (Å²) in [6.45, 7) is 4.49. The van der Waals surface area contributed by atoms with Crippen molar-refractivity contribution in [2.75, 3.05) is 19.0 Å². The molecule has 0 heterocycles. The first-order valence-corrected chi connectivity index (χ1v) is 6.43. The van der Waals surface area contributed by atoms with Gasteiger partial charge < -0.3 is 0 Å². The Balaban J connectivity index is 2.96. The topological polar surface area (TPSA) is 3.24 Å². The fourth-order valence-corrected chi connectivity index (χ4v) is 2.04. The van der Waals surface area contributed by atoms with Gasteiger partial charge in [0.05, 0.1) is 0 Å². The normalized spacial score (nSPS) is 12.6.